The third-order valence-corrected chi connectivity index (χ3v) is 5.67. The molecule has 1 amide bonds. The zero-order valence-electron chi connectivity index (χ0n) is 15.7. The SMILES string of the molecule is COC(=O)c1cccc(C(=O)NC2CCCN(C3CCCCCC3)C2)c1. The lowest BCUT2D eigenvalue weighted by atomic mass is 9.99. The monoisotopic (exact) mass is 358 g/mol. The lowest BCUT2D eigenvalue weighted by Gasteiger charge is -2.38. The number of esters is 1. The van der Waals surface area contributed by atoms with Crippen molar-refractivity contribution in [2.75, 3.05) is 20.2 Å². The van der Waals surface area contributed by atoms with Gasteiger partial charge in [-0.15, -0.1) is 0 Å². The highest BCUT2D eigenvalue weighted by atomic mass is 16.5. The summed E-state index contributed by atoms with van der Waals surface area (Å²) in [4.78, 5) is 26.9. The maximum atomic E-state index is 12.6. The first-order valence-electron chi connectivity index (χ1n) is 9.90. The van der Waals surface area contributed by atoms with Crippen molar-refractivity contribution in [1.29, 1.82) is 0 Å². The molecule has 1 aromatic rings. The number of amides is 1. The van der Waals surface area contributed by atoms with E-state index < -0.39 is 5.97 Å². The molecule has 2 aliphatic rings. The third kappa shape index (κ3) is 4.85. The highest BCUT2D eigenvalue weighted by molar-refractivity contribution is 5.98. The molecular weight excluding hydrogens is 328 g/mol. The Balaban J connectivity index is 1.59. The largest absolute Gasteiger partial charge is 0.465 e. The van der Waals surface area contributed by atoms with Gasteiger partial charge < -0.3 is 10.1 Å². The molecule has 1 N–H and O–H groups in total. The van der Waals surface area contributed by atoms with Gasteiger partial charge in [0.2, 0.25) is 0 Å². The number of carbonyl (C=O) groups excluding carboxylic acids is 2. The van der Waals surface area contributed by atoms with E-state index in [9.17, 15) is 9.59 Å². The van der Waals surface area contributed by atoms with Gasteiger partial charge in [0.15, 0.2) is 0 Å². The molecule has 26 heavy (non-hydrogen) atoms. The fourth-order valence-corrected chi connectivity index (χ4v) is 4.25. The van der Waals surface area contributed by atoms with E-state index in [0.29, 0.717) is 17.2 Å². The van der Waals surface area contributed by atoms with Gasteiger partial charge in [-0.2, -0.15) is 0 Å². The predicted molar refractivity (Wildman–Crippen MR) is 101 cm³/mol. The third-order valence-electron chi connectivity index (χ3n) is 5.67. The highest BCUT2D eigenvalue weighted by Gasteiger charge is 2.27. The normalized spacial score (nSPS) is 22.4. The van der Waals surface area contributed by atoms with Crippen LogP contribution in [-0.4, -0.2) is 49.1 Å². The number of piperidine rings is 1. The minimum atomic E-state index is -0.420. The van der Waals surface area contributed by atoms with Crippen LogP contribution in [0, 0.1) is 0 Å². The molecule has 0 spiro atoms. The van der Waals surface area contributed by atoms with Crippen molar-refractivity contribution in [3.63, 3.8) is 0 Å². The van der Waals surface area contributed by atoms with Gasteiger partial charge in [0.25, 0.3) is 5.91 Å². The molecule has 1 unspecified atom stereocenters. The van der Waals surface area contributed by atoms with Gasteiger partial charge in [-0.1, -0.05) is 31.7 Å². The second-order valence-electron chi connectivity index (χ2n) is 7.53. The van der Waals surface area contributed by atoms with Crippen LogP contribution in [0.1, 0.15) is 72.1 Å². The molecular formula is C21H30N2O3. The topological polar surface area (TPSA) is 58.6 Å². The zero-order valence-corrected chi connectivity index (χ0v) is 15.7. The Kier molecular flexibility index (Phi) is 6.67. The number of nitrogens with zero attached hydrogens (tertiary/aromatic N) is 1. The minimum Gasteiger partial charge on any atom is -0.465 e. The first-order chi connectivity index (χ1) is 12.7. The standard InChI is InChI=1S/C21H30N2O3/c1-26-21(25)17-9-6-8-16(14-17)20(24)22-18-10-7-13-23(15-18)19-11-4-2-3-5-12-19/h6,8-9,14,18-19H,2-5,7,10-13,15H2,1H3,(H,22,24). The number of methoxy groups -OCH3 is 1. The van der Waals surface area contributed by atoms with Crippen molar-refractivity contribution in [1.82, 2.24) is 10.2 Å². The number of nitrogens with one attached hydrogen (secondary N) is 1. The van der Waals surface area contributed by atoms with Crippen molar-refractivity contribution in [2.24, 2.45) is 0 Å². The van der Waals surface area contributed by atoms with Crippen LogP contribution >= 0.6 is 0 Å². The Morgan fingerprint density at radius 2 is 1.77 bits per heavy atom. The highest BCUT2D eigenvalue weighted by Crippen LogP contribution is 2.24. The summed E-state index contributed by atoms with van der Waals surface area (Å²) in [6.45, 7) is 2.09. The van der Waals surface area contributed by atoms with E-state index in [1.807, 2.05) is 0 Å². The summed E-state index contributed by atoms with van der Waals surface area (Å²) in [5.41, 5.74) is 0.920. The van der Waals surface area contributed by atoms with E-state index in [1.54, 1.807) is 24.3 Å². The summed E-state index contributed by atoms with van der Waals surface area (Å²) in [5, 5.41) is 3.17. The van der Waals surface area contributed by atoms with Crippen LogP contribution in [0.15, 0.2) is 24.3 Å². The van der Waals surface area contributed by atoms with Crippen LogP contribution in [0.2, 0.25) is 0 Å². The van der Waals surface area contributed by atoms with E-state index >= 15 is 0 Å². The summed E-state index contributed by atoms with van der Waals surface area (Å²) < 4.78 is 4.74. The fourth-order valence-electron chi connectivity index (χ4n) is 4.25. The Morgan fingerprint density at radius 3 is 2.50 bits per heavy atom. The molecule has 1 saturated heterocycles. The van der Waals surface area contributed by atoms with Gasteiger partial charge in [0.1, 0.15) is 0 Å². The van der Waals surface area contributed by atoms with Crippen molar-refractivity contribution in [3.8, 4) is 0 Å². The van der Waals surface area contributed by atoms with Crippen LogP contribution < -0.4 is 5.32 Å². The second-order valence-corrected chi connectivity index (χ2v) is 7.53. The molecule has 1 atom stereocenters. The Labute approximate surface area is 156 Å². The number of likely N-dealkylation sites (tertiary alicyclic amines) is 1. The van der Waals surface area contributed by atoms with Crippen LogP contribution in [0.4, 0.5) is 0 Å². The Bertz CT molecular complexity index is 623. The number of carbonyl (C=O) groups is 2. The molecule has 1 aromatic carbocycles. The predicted octanol–water partition coefficient (Wildman–Crippen LogP) is 3.39. The van der Waals surface area contributed by atoms with Crippen LogP contribution in [0.25, 0.3) is 0 Å². The molecule has 5 heteroatoms. The van der Waals surface area contributed by atoms with Gasteiger partial charge in [-0.3, -0.25) is 9.69 Å². The Hall–Kier alpha value is -1.88. The summed E-state index contributed by atoms with van der Waals surface area (Å²) in [5.74, 6) is -0.527. The van der Waals surface area contributed by atoms with Gasteiger partial charge in [-0.05, 0) is 50.4 Å². The maximum Gasteiger partial charge on any atom is 0.337 e. The van der Waals surface area contributed by atoms with Crippen molar-refractivity contribution in [3.05, 3.63) is 35.4 Å². The smallest absolute Gasteiger partial charge is 0.337 e. The average molecular weight is 358 g/mol. The minimum absolute atomic E-state index is 0.108. The molecule has 1 heterocycles. The summed E-state index contributed by atoms with van der Waals surface area (Å²) in [7, 11) is 1.35. The van der Waals surface area contributed by atoms with Crippen LogP contribution in [0.5, 0.6) is 0 Å². The molecule has 1 aliphatic heterocycles. The first kappa shape index (κ1) is 18.9. The number of benzene rings is 1. The van der Waals surface area contributed by atoms with E-state index in [4.69, 9.17) is 4.74 Å². The Morgan fingerprint density at radius 1 is 1.04 bits per heavy atom. The molecule has 0 radical (unpaired) electrons. The average Bonchev–Trinajstić information content (AvgIpc) is 2.97. The molecule has 0 aromatic heterocycles. The number of hydrogen-bond acceptors (Lipinski definition) is 4. The lowest BCUT2D eigenvalue weighted by Crippen LogP contribution is -2.50. The molecule has 2 fully saturated rings. The maximum absolute atomic E-state index is 12.6. The molecule has 1 saturated carbocycles. The van der Waals surface area contributed by atoms with Crippen molar-refractivity contribution in [2.45, 2.75) is 63.5 Å². The number of hydrogen-bond donors (Lipinski definition) is 1. The van der Waals surface area contributed by atoms with Crippen LogP contribution in [0.3, 0.4) is 0 Å². The summed E-state index contributed by atoms with van der Waals surface area (Å²) in [6, 6.07) is 7.60. The van der Waals surface area contributed by atoms with E-state index in [1.165, 1.54) is 45.6 Å². The first-order valence-corrected chi connectivity index (χ1v) is 9.90. The van der Waals surface area contributed by atoms with E-state index in [-0.39, 0.29) is 11.9 Å². The zero-order chi connectivity index (χ0) is 18.4. The molecule has 142 valence electrons. The van der Waals surface area contributed by atoms with Gasteiger partial charge in [-0.25, -0.2) is 4.79 Å². The lowest BCUT2D eigenvalue weighted by molar-refractivity contribution is 0.0600. The fraction of sp³-hybridized carbons (Fsp3) is 0.619. The van der Waals surface area contributed by atoms with Gasteiger partial charge in [0, 0.05) is 24.2 Å². The number of rotatable bonds is 4. The van der Waals surface area contributed by atoms with Gasteiger partial charge in [0.05, 0.1) is 12.7 Å². The molecule has 5 nitrogen and oxygen atoms in total. The van der Waals surface area contributed by atoms with E-state index in [0.717, 1.165) is 25.9 Å². The molecule has 1 aliphatic carbocycles. The van der Waals surface area contributed by atoms with Crippen molar-refractivity contribution < 1.29 is 14.3 Å². The van der Waals surface area contributed by atoms with Crippen molar-refractivity contribution >= 4 is 11.9 Å². The van der Waals surface area contributed by atoms with E-state index in [2.05, 4.69) is 10.2 Å². The summed E-state index contributed by atoms with van der Waals surface area (Å²) in [6.07, 6.45) is 10.1. The molecule has 0 bridgehead atoms. The van der Waals surface area contributed by atoms with Crippen LogP contribution in [-0.2, 0) is 4.74 Å². The quantitative estimate of drug-likeness (QED) is 0.662. The second kappa shape index (κ2) is 9.17. The molecule has 3 rings (SSSR count). The summed E-state index contributed by atoms with van der Waals surface area (Å²) >= 11 is 0. The number of ether oxygens (including phenoxy) is 1. The van der Waals surface area contributed by atoms with Gasteiger partial charge >= 0.3 is 5.97 Å².